The van der Waals surface area contributed by atoms with E-state index in [9.17, 15) is 9.18 Å². The first kappa shape index (κ1) is 20.2. The first-order valence-corrected chi connectivity index (χ1v) is 9.81. The van der Waals surface area contributed by atoms with Crippen molar-refractivity contribution in [2.45, 2.75) is 45.6 Å². The number of amides is 1. The number of benzene rings is 1. The summed E-state index contributed by atoms with van der Waals surface area (Å²) in [6, 6.07) is 6.10. The SMILES string of the molecule is C=CC(CC1CCC2=CC(=Nc3ccc(F)cc3)C(C=N)CC21C)NC(C)=O. The van der Waals surface area contributed by atoms with Crippen molar-refractivity contribution in [3.8, 4) is 0 Å². The minimum absolute atomic E-state index is 0.0102. The normalized spacial score (nSPS) is 29.0. The number of halogens is 1. The summed E-state index contributed by atoms with van der Waals surface area (Å²) in [6.07, 6.45) is 9.16. The number of hydrogen-bond acceptors (Lipinski definition) is 3. The summed E-state index contributed by atoms with van der Waals surface area (Å²) in [5.41, 5.74) is 2.93. The molecule has 0 heterocycles. The minimum atomic E-state index is -0.281. The zero-order chi connectivity index (χ0) is 20.3. The van der Waals surface area contributed by atoms with Gasteiger partial charge in [-0.05, 0) is 67.4 Å². The summed E-state index contributed by atoms with van der Waals surface area (Å²) >= 11 is 0. The molecule has 0 spiro atoms. The highest BCUT2D eigenvalue weighted by atomic mass is 19.1. The molecule has 2 aliphatic rings. The van der Waals surface area contributed by atoms with E-state index in [1.807, 2.05) is 6.08 Å². The van der Waals surface area contributed by atoms with Crippen molar-refractivity contribution in [2.24, 2.45) is 22.2 Å². The number of allylic oxidation sites excluding steroid dienone is 2. The molecule has 0 radical (unpaired) electrons. The molecule has 1 fully saturated rings. The number of nitrogens with zero attached hydrogens (tertiary/aromatic N) is 1. The average Bonchev–Trinajstić information content (AvgIpc) is 2.97. The Morgan fingerprint density at radius 3 is 2.79 bits per heavy atom. The van der Waals surface area contributed by atoms with Crippen LogP contribution in [0.25, 0.3) is 0 Å². The van der Waals surface area contributed by atoms with Gasteiger partial charge in [0.25, 0.3) is 0 Å². The van der Waals surface area contributed by atoms with E-state index in [1.165, 1.54) is 30.8 Å². The molecule has 1 amide bonds. The van der Waals surface area contributed by atoms with Crippen molar-refractivity contribution in [3.05, 3.63) is 54.4 Å². The van der Waals surface area contributed by atoms with Crippen molar-refractivity contribution >= 4 is 23.5 Å². The van der Waals surface area contributed by atoms with E-state index in [4.69, 9.17) is 10.4 Å². The number of nitrogens with one attached hydrogen (secondary N) is 2. The number of carbonyl (C=O) groups is 1. The number of fused-ring (bicyclic) bond motifs is 1. The highest BCUT2D eigenvalue weighted by Gasteiger charge is 2.47. The lowest BCUT2D eigenvalue weighted by Crippen LogP contribution is -2.39. The van der Waals surface area contributed by atoms with Crippen molar-refractivity contribution in [1.82, 2.24) is 5.32 Å². The molecule has 0 aromatic heterocycles. The number of aliphatic imine (C=N–C) groups is 1. The van der Waals surface area contributed by atoms with Crippen LogP contribution in [-0.4, -0.2) is 23.9 Å². The van der Waals surface area contributed by atoms with Gasteiger partial charge >= 0.3 is 0 Å². The van der Waals surface area contributed by atoms with Gasteiger partial charge in [-0.1, -0.05) is 18.6 Å². The molecule has 148 valence electrons. The molecule has 2 aliphatic carbocycles. The van der Waals surface area contributed by atoms with E-state index in [0.717, 1.165) is 31.4 Å². The smallest absolute Gasteiger partial charge is 0.217 e. The second kappa shape index (κ2) is 8.21. The second-order valence-electron chi connectivity index (χ2n) is 8.09. The standard InChI is InChI=1S/C23H28FN3O/c1-4-20(26-15(2)28)11-17-5-6-18-12-22(16(14-25)13-23(17,18)3)27-21-9-7-19(24)8-10-21/h4,7-10,12,14,16-17,20,25H,1,5-6,11,13H2,2-3H3,(H,26,28). The molecule has 28 heavy (non-hydrogen) atoms. The maximum absolute atomic E-state index is 13.2. The van der Waals surface area contributed by atoms with Crippen LogP contribution in [-0.2, 0) is 4.79 Å². The van der Waals surface area contributed by atoms with Gasteiger partial charge in [0.2, 0.25) is 5.91 Å². The zero-order valence-electron chi connectivity index (χ0n) is 16.5. The van der Waals surface area contributed by atoms with Gasteiger partial charge in [-0.25, -0.2) is 4.39 Å². The topological polar surface area (TPSA) is 65.3 Å². The summed E-state index contributed by atoms with van der Waals surface area (Å²) in [5.74, 6) is 0.0287. The third-order valence-corrected chi connectivity index (χ3v) is 6.24. The van der Waals surface area contributed by atoms with Crippen LogP contribution in [0.15, 0.2) is 53.6 Å². The van der Waals surface area contributed by atoms with Crippen LogP contribution in [0.4, 0.5) is 10.1 Å². The van der Waals surface area contributed by atoms with E-state index in [-0.39, 0.29) is 29.1 Å². The van der Waals surface area contributed by atoms with Crippen molar-refractivity contribution < 1.29 is 9.18 Å². The van der Waals surface area contributed by atoms with Crippen LogP contribution in [0.2, 0.25) is 0 Å². The predicted molar refractivity (Wildman–Crippen MR) is 112 cm³/mol. The lowest BCUT2D eigenvalue weighted by atomic mass is 9.65. The summed E-state index contributed by atoms with van der Waals surface area (Å²) in [5, 5.41) is 10.9. The van der Waals surface area contributed by atoms with Gasteiger partial charge in [-0.2, -0.15) is 0 Å². The first-order chi connectivity index (χ1) is 13.4. The highest BCUT2D eigenvalue weighted by Crippen LogP contribution is 2.55. The monoisotopic (exact) mass is 381 g/mol. The van der Waals surface area contributed by atoms with Gasteiger partial charge in [0.05, 0.1) is 5.69 Å². The molecule has 1 aromatic rings. The second-order valence-corrected chi connectivity index (χ2v) is 8.09. The summed E-state index contributed by atoms with van der Waals surface area (Å²) in [6.45, 7) is 7.67. The van der Waals surface area contributed by atoms with Crippen molar-refractivity contribution in [3.63, 3.8) is 0 Å². The van der Waals surface area contributed by atoms with Gasteiger partial charge in [0, 0.05) is 30.8 Å². The van der Waals surface area contributed by atoms with Crippen LogP contribution >= 0.6 is 0 Å². The van der Waals surface area contributed by atoms with E-state index >= 15 is 0 Å². The van der Waals surface area contributed by atoms with Crippen LogP contribution in [0.3, 0.4) is 0 Å². The molecule has 5 heteroatoms. The Kier molecular flexibility index (Phi) is 5.92. The minimum Gasteiger partial charge on any atom is -0.350 e. The molecule has 4 unspecified atom stereocenters. The molecule has 2 N–H and O–H groups in total. The maximum atomic E-state index is 13.2. The van der Waals surface area contributed by atoms with Gasteiger partial charge in [-0.3, -0.25) is 9.79 Å². The van der Waals surface area contributed by atoms with E-state index < -0.39 is 0 Å². The summed E-state index contributed by atoms with van der Waals surface area (Å²) < 4.78 is 13.2. The van der Waals surface area contributed by atoms with E-state index in [1.54, 1.807) is 12.1 Å². The fourth-order valence-corrected chi connectivity index (χ4v) is 4.66. The van der Waals surface area contributed by atoms with Crippen LogP contribution < -0.4 is 5.32 Å². The number of rotatable bonds is 6. The molecule has 0 bridgehead atoms. The Morgan fingerprint density at radius 2 is 2.18 bits per heavy atom. The molecule has 1 saturated carbocycles. The Bertz CT molecular complexity index is 827. The molecule has 4 atom stereocenters. The third-order valence-electron chi connectivity index (χ3n) is 6.24. The third kappa shape index (κ3) is 4.13. The maximum Gasteiger partial charge on any atom is 0.217 e. The van der Waals surface area contributed by atoms with Crippen LogP contribution in [0.1, 0.15) is 39.5 Å². The highest BCUT2D eigenvalue weighted by molar-refractivity contribution is 6.07. The first-order valence-electron chi connectivity index (χ1n) is 9.81. The van der Waals surface area contributed by atoms with Crippen molar-refractivity contribution in [1.29, 1.82) is 5.41 Å². The summed E-state index contributed by atoms with van der Waals surface area (Å²) in [4.78, 5) is 16.1. The summed E-state index contributed by atoms with van der Waals surface area (Å²) in [7, 11) is 0. The van der Waals surface area contributed by atoms with E-state index in [0.29, 0.717) is 11.6 Å². The van der Waals surface area contributed by atoms with Crippen molar-refractivity contribution in [2.75, 3.05) is 0 Å². The molecule has 1 aromatic carbocycles. The molecule has 4 nitrogen and oxygen atoms in total. The number of carbonyl (C=O) groups excluding carboxylic acids is 1. The quantitative estimate of drug-likeness (QED) is 0.529. The zero-order valence-corrected chi connectivity index (χ0v) is 16.5. The molecule has 0 aliphatic heterocycles. The Labute approximate surface area is 166 Å². The molecular weight excluding hydrogens is 353 g/mol. The van der Waals surface area contributed by atoms with Gasteiger partial charge in [0.1, 0.15) is 5.82 Å². The molecule has 3 rings (SSSR count). The van der Waals surface area contributed by atoms with Gasteiger partial charge in [0.15, 0.2) is 0 Å². The Morgan fingerprint density at radius 1 is 1.46 bits per heavy atom. The fraction of sp³-hybridized carbons (Fsp3) is 0.435. The largest absolute Gasteiger partial charge is 0.350 e. The lowest BCUT2D eigenvalue weighted by molar-refractivity contribution is -0.119. The Hall–Kier alpha value is -2.56. The van der Waals surface area contributed by atoms with Gasteiger partial charge in [-0.15, -0.1) is 6.58 Å². The van der Waals surface area contributed by atoms with Gasteiger partial charge < -0.3 is 10.7 Å². The Balaban J connectivity index is 1.86. The predicted octanol–water partition coefficient (Wildman–Crippen LogP) is 4.99. The average molecular weight is 381 g/mol. The van der Waals surface area contributed by atoms with E-state index in [2.05, 4.69) is 24.9 Å². The fourth-order valence-electron chi connectivity index (χ4n) is 4.66. The molecule has 0 saturated heterocycles. The van der Waals surface area contributed by atoms with Crippen LogP contribution in [0.5, 0.6) is 0 Å². The lowest BCUT2D eigenvalue weighted by Gasteiger charge is -2.40. The molecular formula is C23H28FN3O. The number of hydrogen-bond donors (Lipinski definition) is 2. The van der Waals surface area contributed by atoms with Crippen LogP contribution in [0, 0.1) is 28.5 Å².